The van der Waals surface area contributed by atoms with Crippen LogP contribution >= 0.6 is 0 Å². The smallest absolute Gasteiger partial charge is 0.302 e. The fraction of sp³-hybridized carbons (Fsp3) is 0.926. The Balaban J connectivity index is 1.33. The molecule has 0 amide bonds. The Morgan fingerprint density at radius 1 is 0.903 bits per heavy atom. The summed E-state index contributed by atoms with van der Waals surface area (Å²) in [6, 6.07) is 0. The number of carbonyl (C=O) groups excluding carboxylic acids is 2. The van der Waals surface area contributed by atoms with E-state index in [4.69, 9.17) is 9.47 Å². The molecule has 4 heteroatoms. The molecule has 10 atom stereocenters. The van der Waals surface area contributed by atoms with E-state index >= 15 is 0 Å². The van der Waals surface area contributed by atoms with Gasteiger partial charge >= 0.3 is 5.97 Å². The van der Waals surface area contributed by atoms with Crippen LogP contribution in [0.25, 0.3) is 0 Å². The lowest BCUT2D eigenvalue weighted by Crippen LogP contribution is -2.60. The fourth-order valence-electron chi connectivity index (χ4n) is 10.8. The van der Waals surface area contributed by atoms with Crippen molar-refractivity contribution in [1.29, 1.82) is 0 Å². The molecule has 4 nitrogen and oxygen atoms in total. The van der Waals surface area contributed by atoms with Gasteiger partial charge < -0.3 is 9.47 Å². The maximum Gasteiger partial charge on any atom is 0.302 e. The summed E-state index contributed by atoms with van der Waals surface area (Å²) < 4.78 is 12.2. The molecule has 0 aromatic heterocycles. The quantitative estimate of drug-likeness (QED) is 0.432. The summed E-state index contributed by atoms with van der Waals surface area (Å²) in [6.45, 7) is 8.45. The van der Waals surface area contributed by atoms with Gasteiger partial charge in [0, 0.05) is 24.2 Å². The average molecular weight is 429 g/mol. The SMILES string of the molecule is CC(=O)O[C@@H]1CC[C@]2(C)[C@@H]3CC[C@]4(C)[C@@H](C[C@H]5CCCC[C@@]54C(C)=O)[C@@H]3C[C@@H]3O[C@@]32C1. The van der Waals surface area contributed by atoms with E-state index in [-0.39, 0.29) is 33.9 Å². The van der Waals surface area contributed by atoms with Crippen LogP contribution in [0.4, 0.5) is 0 Å². The van der Waals surface area contributed by atoms with Crippen LogP contribution in [-0.4, -0.2) is 29.6 Å². The normalized spacial score (nSPS) is 56.9. The minimum absolute atomic E-state index is 0.0244. The van der Waals surface area contributed by atoms with Gasteiger partial charge in [-0.15, -0.1) is 0 Å². The summed E-state index contributed by atoms with van der Waals surface area (Å²) in [7, 11) is 0. The summed E-state index contributed by atoms with van der Waals surface area (Å²) in [5.41, 5.74) is 0.235. The van der Waals surface area contributed by atoms with Crippen LogP contribution < -0.4 is 0 Å². The lowest BCUT2D eigenvalue weighted by molar-refractivity contribution is -0.163. The van der Waals surface area contributed by atoms with Gasteiger partial charge in [-0.1, -0.05) is 26.7 Å². The van der Waals surface area contributed by atoms with E-state index in [1.807, 2.05) is 6.92 Å². The first-order valence-electron chi connectivity index (χ1n) is 13.0. The van der Waals surface area contributed by atoms with Crippen LogP contribution in [0.2, 0.25) is 0 Å². The maximum absolute atomic E-state index is 13.2. The van der Waals surface area contributed by atoms with Crippen LogP contribution in [-0.2, 0) is 19.1 Å². The van der Waals surface area contributed by atoms with Gasteiger partial charge in [0.05, 0.1) is 6.10 Å². The van der Waals surface area contributed by atoms with Crippen LogP contribution in [0.5, 0.6) is 0 Å². The second kappa shape index (κ2) is 6.36. The lowest BCUT2D eigenvalue weighted by atomic mass is 9.42. The van der Waals surface area contributed by atoms with Crippen molar-refractivity contribution in [2.45, 2.75) is 116 Å². The summed E-state index contributed by atoms with van der Waals surface area (Å²) in [6.07, 6.45) is 13.1. The molecule has 6 aliphatic rings. The van der Waals surface area contributed by atoms with Crippen molar-refractivity contribution in [3.63, 3.8) is 0 Å². The molecule has 5 aliphatic carbocycles. The van der Waals surface area contributed by atoms with Gasteiger partial charge in [-0.25, -0.2) is 0 Å². The van der Waals surface area contributed by atoms with E-state index < -0.39 is 0 Å². The van der Waals surface area contributed by atoms with Gasteiger partial charge in [-0.3, -0.25) is 9.59 Å². The molecule has 0 unspecified atom stereocenters. The third kappa shape index (κ3) is 2.36. The summed E-state index contributed by atoms with van der Waals surface area (Å²) in [4.78, 5) is 24.8. The number of Topliss-reactive ketones (excluding diaryl/α,β-unsaturated/α-hetero) is 1. The van der Waals surface area contributed by atoms with E-state index in [2.05, 4.69) is 13.8 Å². The predicted octanol–water partition coefficient (Wildman–Crippen LogP) is 5.47. The third-order valence-electron chi connectivity index (χ3n) is 12.0. The van der Waals surface area contributed by atoms with E-state index in [9.17, 15) is 9.59 Å². The molecule has 0 bridgehead atoms. The number of fused-ring (bicyclic) bond motifs is 6. The van der Waals surface area contributed by atoms with Gasteiger partial charge in [-0.05, 0) is 87.4 Å². The standard InChI is InChI=1S/C27H40O4/c1-16(28)26-10-6-5-7-18(26)13-22-20-14-23-27(31-23)15-19(30-17(2)29)8-11-25(27,4)21(20)9-12-24(22,26)3/h18-23H,5-15H2,1-4H3/t18-,19-,20-,21-,22+,23+,24-,25-,26-,27+/m1/s1. The number of ketones is 1. The zero-order valence-electron chi connectivity index (χ0n) is 19.9. The van der Waals surface area contributed by atoms with Gasteiger partial charge in [0.2, 0.25) is 0 Å². The molecule has 5 saturated carbocycles. The molecule has 1 spiro atoms. The van der Waals surface area contributed by atoms with Gasteiger partial charge in [0.1, 0.15) is 17.5 Å². The molecular formula is C27H40O4. The highest BCUT2D eigenvalue weighted by Gasteiger charge is 2.78. The van der Waals surface area contributed by atoms with Crippen molar-refractivity contribution in [2.75, 3.05) is 0 Å². The van der Waals surface area contributed by atoms with Crippen LogP contribution in [0.15, 0.2) is 0 Å². The summed E-state index contributed by atoms with van der Waals surface area (Å²) in [5.74, 6) is 2.98. The molecule has 1 aliphatic heterocycles. The molecule has 172 valence electrons. The number of rotatable bonds is 2. The first kappa shape index (κ1) is 20.7. The maximum atomic E-state index is 13.2. The highest BCUT2D eigenvalue weighted by molar-refractivity contribution is 5.84. The van der Waals surface area contributed by atoms with Crippen LogP contribution in [0.3, 0.4) is 0 Å². The zero-order valence-corrected chi connectivity index (χ0v) is 19.9. The molecule has 0 N–H and O–H groups in total. The first-order chi connectivity index (χ1) is 14.7. The second-order valence-electron chi connectivity index (χ2n) is 12.7. The average Bonchev–Trinajstić information content (AvgIpc) is 3.33. The number of carbonyl (C=O) groups is 2. The zero-order chi connectivity index (χ0) is 21.8. The minimum atomic E-state index is -0.160. The molecule has 6 rings (SSSR count). The van der Waals surface area contributed by atoms with Crippen molar-refractivity contribution >= 4 is 11.8 Å². The Morgan fingerprint density at radius 2 is 1.68 bits per heavy atom. The summed E-state index contributed by atoms with van der Waals surface area (Å²) in [5, 5.41) is 0. The molecule has 1 saturated heterocycles. The number of esters is 1. The minimum Gasteiger partial charge on any atom is -0.462 e. The molecule has 1 heterocycles. The number of ether oxygens (including phenoxy) is 2. The molecule has 0 aromatic carbocycles. The highest BCUT2D eigenvalue weighted by atomic mass is 16.6. The van der Waals surface area contributed by atoms with Crippen molar-refractivity contribution in [3.8, 4) is 0 Å². The number of hydrogen-bond acceptors (Lipinski definition) is 4. The predicted molar refractivity (Wildman–Crippen MR) is 117 cm³/mol. The molecule has 31 heavy (non-hydrogen) atoms. The van der Waals surface area contributed by atoms with Crippen molar-refractivity contribution < 1.29 is 19.1 Å². The lowest BCUT2D eigenvalue weighted by Gasteiger charge is -2.61. The van der Waals surface area contributed by atoms with Gasteiger partial charge in [0.25, 0.3) is 0 Å². The van der Waals surface area contributed by atoms with E-state index in [1.54, 1.807) is 0 Å². The topological polar surface area (TPSA) is 55.9 Å². The first-order valence-corrected chi connectivity index (χ1v) is 13.0. The summed E-state index contributed by atoms with van der Waals surface area (Å²) >= 11 is 0. The Bertz CT molecular complexity index is 822. The number of epoxide rings is 1. The second-order valence-corrected chi connectivity index (χ2v) is 12.7. The Hall–Kier alpha value is -0.900. The Labute approximate surface area is 187 Å². The molecule has 0 aromatic rings. The Morgan fingerprint density at radius 3 is 2.42 bits per heavy atom. The van der Waals surface area contributed by atoms with Crippen molar-refractivity contribution in [2.24, 2.45) is 39.9 Å². The van der Waals surface area contributed by atoms with Crippen molar-refractivity contribution in [1.82, 2.24) is 0 Å². The van der Waals surface area contributed by atoms with E-state index in [0.717, 1.165) is 32.1 Å². The van der Waals surface area contributed by atoms with Crippen LogP contribution in [0, 0.1) is 39.9 Å². The van der Waals surface area contributed by atoms with Gasteiger partial charge in [0.15, 0.2) is 0 Å². The van der Waals surface area contributed by atoms with E-state index in [1.165, 1.54) is 45.4 Å². The fourth-order valence-corrected chi connectivity index (χ4v) is 10.8. The molecular weight excluding hydrogens is 388 g/mol. The molecule has 6 fully saturated rings. The monoisotopic (exact) mass is 428 g/mol. The van der Waals surface area contributed by atoms with E-state index in [0.29, 0.717) is 35.6 Å². The number of hydrogen-bond donors (Lipinski definition) is 0. The van der Waals surface area contributed by atoms with Crippen LogP contribution in [0.1, 0.15) is 98.3 Å². The van der Waals surface area contributed by atoms with Crippen molar-refractivity contribution in [3.05, 3.63) is 0 Å². The van der Waals surface area contributed by atoms with Gasteiger partial charge in [-0.2, -0.15) is 0 Å². The highest BCUT2D eigenvalue weighted by Crippen LogP contribution is 2.77. The molecule has 0 radical (unpaired) electrons. The third-order valence-corrected chi connectivity index (χ3v) is 12.0. The largest absolute Gasteiger partial charge is 0.462 e. The Kier molecular flexibility index (Phi) is 4.25.